The van der Waals surface area contributed by atoms with E-state index in [1.165, 1.54) is 38.5 Å². The Morgan fingerprint density at radius 3 is 2.08 bits per heavy atom. The van der Waals surface area contributed by atoms with Crippen LogP contribution in [0, 0.1) is 0 Å². The number of hydrogen-bond acceptors (Lipinski definition) is 1. The van der Waals surface area contributed by atoms with E-state index in [-0.39, 0.29) is 5.60 Å². The van der Waals surface area contributed by atoms with Crippen molar-refractivity contribution in [3.05, 3.63) is 0 Å². The highest BCUT2D eigenvalue weighted by Gasteiger charge is 2.24. The van der Waals surface area contributed by atoms with Crippen molar-refractivity contribution >= 4 is 10.5 Å². The smallest absolute Gasteiger partial charge is 0.146 e. The molecule has 0 bridgehead atoms. The van der Waals surface area contributed by atoms with Crippen LogP contribution in [0.3, 0.4) is 0 Å². The molecule has 1 atom stereocenters. The van der Waals surface area contributed by atoms with Crippen molar-refractivity contribution in [2.45, 2.75) is 64.9 Å². The van der Waals surface area contributed by atoms with Gasteiger partial charge in [-0.25, -0.2) is 0 Å². The number of hydrogen-bond donors (Lipinski definition) is 0. The summed E-state index contributed by atoms with van der Waals surface area (Å²) in [6.45, 7) is 6.75. The summed E-state index contributed by atoms with van der Waals surface area (Å²) in [5.74, 6) is 0. The molecule has 12 heavy (non-hydrogen) atoms. The van der Waals surface area contributed by atoms with Crippen molar-refractivity contribution in [1.29, 1.82) is 0 Å². The van der Waals surface area contributed by atoms with Gasteiger partial charge in [-0.2, -0.15) is 0 Å². The lowest BCUT2D eigenvalue weighted by Crippen LogP contribution is -2.30. The molecule has 0 spiro atoms. The normalized spacial score (nSPS) is 16.2. The molecule has 1 nitrogen and oxygen atoms in total. The Morgan fingerprint density at radius 1 is 1.08 bits per heavy atom. The fourth-order valence-corrected chi connectivity index (χ4v) is 2.48. The molecule has 0 saturated heterocycles. The Hall–Kier alpha value is 0.177. The number of unbranched alkanes of at least 4 members (excludes halogenated alkanes) is 1. The van der Waals surface area contributed by atoms with E-state index in [0.717, 1.165) is 10.5 Å². The summed E-state index contributed by atoms with van der Waals surface area (Å²) in [7, 11) is 0.887. The van der Waals surface area contributed by atoms with Crippen LogP contribution in [0.5, 0.6) is 0 Å². The molecule has 0 saturated carbocycles. The third-order valence-corrected chi connectivity index (χ3v) is 3.63. The quantitative estimate of drug-likeness (QED) is 0.558. The van der Waals surface area contributed by atoms with Gasteiger partial charge < -0.3 is 4.43 Å². The first-order valence-corrected chi connectivity index (χ1v) is 6.11. The topological polar surface area (TPSA) is 9.23 Å². The first-order chi connectivity index (χ1) is 5.74. The van der Waals surface area contributed by atoms with E-state index >= 15 is 0 Å². The summed E-state index contributed by atoms with van der Waals surface area (Å²) in [6.07, 6.45) is 7.54. The third kappa shape index (κ3) is 3.72. The Balaban J connectivity index is 3.95. The highest BCUT2D eigenvalue weighted by Crippen LogP contribution is 2.27. The summed E-state index contributed by atoms with van der Waals surface area (Å²) in [5, 5.41) is 0. The minimum atomic E-state index is 0.247. The zero-order chi connectivity index (χ0) is 9.45. The fourth-order valence-electron chi connectivity index (χ4n) is 1.78. The SMILES string of the molecule is CCCCC(CC)(CCC)O[SiH3]. The summed E-state index contributed by atoms with van der Waals surface area (Å²) in [6, 6.07) is 0. The molecule has 0 fully saturated rings. The van der Waals surface area contributed by atoms with Gasteiger partial charge in [-0.1, -0.05) is 40.0 Å². The summed E-state index contributed by atoms with van der Waals surface area (Å²) in [5.41, 5.74) is 0.247. The minimum absolute atomic E-state index is 0.247. The van der Waals surface area contributed by atoms with Crippen LogP contribution in [-0.2, 0) is 4.43 Å². The zero-order valence-corrected chi connectivity index (χ0v) is 11.2. The molecule has 0 aliphatic rings. The van der Waals surface area contributed by atoms with Crippen LogP contribution < -0.4 is 0 Å². The average molecular weight is 188 g/mol. The van der Waals surface area contributed by atoms with Crippen LogP contribution in [0.1, 0.15) is 59.3 Å². The summed E-state index contributed by atoms with van der Waals surface area (Å²) < 4.78 is 5.77. The van der Waals surface area contributed by atoms with Crippen LogP contribution in [0.25, 0.3) is 0 Å². The predicted molar refractivity (Wildman–Crippen MR) is 58.5 cm³/mol. The molecule has 1 unspecified atom stereocenters. The van der Waals surface area contributed by atoms with E-state index in [4.69, 9.17) is 4.43 Å². The molecule has 2 heteroatoms. The van der Waals surface area contributed by atoms with Gasteiger partial charge in [-0.3, -0.25) is 0 Å². The van der Waals surface area contributed by atoms with Crippen molar-refractivity contribution in [2.75, 3.05) is 0 Å². The van der Waals surface area contributed by atoms with Crippen molar-refractivity contribution < 1.29 is 4.43 Å². The first-order valence-electron chi connectivity index (χ1n) is 5.29. The maximum atomic E-state index is 5.77. The van der Waals surface area contributed by atoms with Crippen molar-refractivity contribution in [1.82, 2.24) is 0 Å². The van der Waals surface area contributed by atoms with E-state index < -0.39 is 0 Å². The van der Waals surface area contributed by atoms with Crippen molar-refractivity contribution in [2.24, 2.45) is 0 Å². The molecule has 0 amide bonds. The molecule has 0 aliphatic heterocycles. The average Bonchev–Trinajstić information content (AvgIpc) is 2.13. The summed E-state index contributed by atoms with van der Waals surface area (Å²) >= 11 is 0. The molecule has 0 aromatic carbocycles. The number of rotatable bonds is 7. The first kappa shape index (κ1) is 12.2. The maximum absolute atomic E-state index is 5.77. The second kappa shape index (κ2) is 6.67. The van der Waals surface area contributed by atoms with Gasteiger partial charge in [0.25, 0.3) is 0 Å². The highest BCUT2D eigenvalue weighted by atomic mass is 28.2. The van der Waals surface area contributed by atoms with Gasteiger partial charge >= 0.3 is 0 Å². The van der Waals surface area contributed by atoms with Crippen molar-refractivity contribution in [3.8, 4) is 0 Å². The molecule has 0 aromatic heterocycles. The van der Waals surface area contributed by atoms with Gasteiger partial charge in [0.05, 0.1) is 5.60 Å². The standard InChI is InChI=1S/C10H24OSi/c1-4-7-9-10(6-3,11-12)8-5-2/h4-9H2,1-3,12H3. The predicted octanol–water partition coefficient (Wildman–Crippen LogP) is 2.42. The van der Waals surface area contributed by atoms with E-state index in [2.05, 4.69) is 20.8 Å². The fraction of sp³-hybridized carbons (Fsp3) is 1.00. The van der Waals surface area contributed by atoms with Crippen LogP contribution in [0.4, 0.5) is 0 Å². The van der Waals surface area contributed by atoms with Crippen LogP contribution >= 0.6 is 0 Å². The van der Waals surface area contributed by atoms with Gasteiger partial charge in [0.2, 0.25) is 0 Å². The Labute approximate surface area is 80.4 Å². The Morgan fingerprint density at radius 2 is 1.75 bits per heavy atom. The van der Waals surface area contributed by atoms with Gasteiger partial charge in [0, 0.05) is 0 Å². The highest BCUT2D eigenvalue weighted by molar-refractivity contribution is 5.98. The minimum Gasteiger partial charge on any atom is -0.422 e. The van der Waals surface area contributed by atoms with Gasteiger partial charge in [-0.15, -0.1) is 0 Å². The molecule has 0 radical (unpaired) electrons. The molecule has 0 aliphatic carbocycles. The molecule has 0 aromatic rings. The molecule has 0 heterocycles. The van der Waals surface area contributed by atoms with E-state index in [1.54, 1.807) is 0 Å². The Kier molecular flexibility index (Phi) is 6.77. The molecular formula is C10H24OSi. The lowest BCUT2D eigenvalue weighted by Gasteiger charge is -2.32. The second-order valence-electron chi connectivity index (χ2n) is 3.59. The summed E-state index contributed by atoms with van der Waals surface area (Å²) in [4.78, 5) is 0. The largest absolute Gasteiger partial charge is 0.422 e. The van der Waals surface area contributed by atoms with Crippen LogP contribution in [-0.4, -0.2) is 16.1 Å². The van der Waals surface area contributed by atoms with Crippen molar-refractivity contribution in [3.63, 3.8) is 0 Å². The van der Waals surface area contributed by atoms with Gasteiger partial charge in [0.15, 0.2) is 0 Å². The van der Waals surface area contributed by atoms with E-state index in [0.29, 0.717) is 0 Å². The molecule has 74 valence electrons. The van der Waals surface area contributed by atoms with Crippen LogP contribution in [0.15, 0.2) is 0 Å². The second-order valence-corrected chi connectivity index (χ2v) is 4.00. The molecule has 0 N–H and O–H groups in total. The van der Waals surface area contributed by atoms with Gasteiger partial charge in [0.1, 0.15) is 10.5 Å². The zero-order valence-electron chi connectivity index (χ0n) is 9.15. The molecular weight excluding hydrogens is 164 g/mol. The molecule has 0 rings (SSSR count). The Bertz CT molecular complexity index is 100. The van der Waals surface area contributed by atoms with Crippen LogP contribution in [0.2, 0.25) is 0 Å². The monoisotopic (exact) mass is 188 g/mol. The van der Waals surface area contributed by atoms with E-state index in [1.807, 2.05) is 0 Å². The van der Waals surface area contributed by atoms with E-state index in [9.17, 15) is 0 Å². The third-order valence-electron chi connectivity index (χ3n) is 2.77. The lowest BCUT2D eigenvalue weighted by molar-refractivity contribution is 0.0528. The van der Waals surface area contributed by atoms with Gasteiger partial charge in [-0.05, 0) is 19.3 Å². The maximum Gasteiger partial charge on any atom is 0.146 e. The lowest BCUT2D eigenvalue weighted by atomic mass is 9.89.